The summed E-state index contributed by atoms with van der Waals surface area (Å²) in [6, 6.07) is 1.53. The normalized spacial score (nSPS) is 20.4. The summed E-state index contributed by atoms with van der Waals surface area (Å²) in [6.45, 7) is 1.72. The van der Waals surface area contributed by atoms with E-state index in [0.29, 0.717) is 5.75 Å². The molecule has 0 bridgehead atoms. The van der Waals surface area contributed by atoms with E-state index in [9.17, 15) is 10.1 Å². The molecule has 1 N–H and O–H groups in total. The van der Waals surface area contributed by atoms with Gasteiger partial charge in [-0.15, -0.1) is 0 Å². The van der Waals surface area contributed by atoms with E-state index in [1.165, 1.54) is 18.5 Å². The third-order valence-electron chi connectivity index (χ3n) is 2.50. The monoisotopic (exact) mass is 223 g/mol. The molecule has 1 aliphatic heterocycles. The molecule has 0 aromatic carbocycles. The Bertz CT molecular complexity index is 377. The Morgan fingerprint density at radius 1 is 1.62 bits per heavy atom. The Labute approximate surface area is 92.8 Å². The molecule has 6 heteroatoms. The van der Waals surface area contributed by atoms with Gasteiger partial charge in [-0.1, -0.05) is 0 Å². The quantitative estimate of drug-likeness (QED) is 0.613. The highest BCUT2D eigenvalue weighted by atomic mass is 16.6. The molecule has 6 nitrogen and oxygen atoms in total. The Morgan fingerprint density at radius 2 is 2.50 bits per heavy atom. The zero-order chi connectivity index (χ0) is 11.4. The number of rotatable bonds is 3. The van der Waals surface area contributed by atoms with Gasteiger partial charge >= 0.3 is 5.69 Å². The van der Waals surface area contributed by atoms with Gasteiger partial charge < -0.3 is 10.1 Å². The molecule has 0 aliphatic carbocycles. The number of piperidine rings is 1. The average molecular weight is 223 g/mol. The second-order valence-corrected chi connectivity index (χ2v) is 3.69. The molecule has 1 fully saturated rings. The van der Waals surface area contributed by atoms with E-state index in [4.69, 9.17) is 4.74 Å². The van der Waals surface area contributed by atoms with E-state index in [2.05, 4.69) is 10.3 Å². The summed E-state index contributed by atoms with van der Waals surface area (Å²) in [5, 5.41) is 13.9. The van der Waals surface area contributed by atoms with Crippen molar-refractivity contribution in [1.82, 2.24) is 10.3 Å². The molecule has 1 aromatic heterocycles. The summed E-state index contributed by atoms with van der Waals surface area (Å²) < 4.78 is 5.60. The van der Waals surface area contributed by atoms with Crippen molar-refractivity contribution in [2.75, 3.05) is 13.1 Å². The van der Waals surface area contributed by atoms with Crippen LogP contribution in [0.25, 0.3) is 0 Å². The fourth-order valence-electron chi connectivity index (χ4n) is 1.71. The van der Waals surface area contributed by atoms with Gasteiger partial charge in [0.2, 0.25) is 5.75 Å². The van der Waals surface area contributed by atoms with Crippen LogP contribution in [0.4, 0.5) is 5.69 Å². The lowest BCUT2D eigenvalue weighted by atomic mass is 10.1. The van der Waals surface area contributed by atoms with Crippen LogP contribution in [0.15, 0.2) is 18.5 Å². The summed E-state index contributed by atoms with van der Waals surface area (Å²) in [4.78, 5) is 14.0. The third-order valence-corrected chi connectivity index (χ3v) is 2.50. The third kappa shape index (κ3) is 2.46. The van der Waals surface area contributed by atoms with Crippen molar-refractivity contribution in [3.63, 3.8) is 0 Å². The molecule has 0 saturated carbocycles. The molecule has 1 aliphatic rings. The van der Waals surface area contributed by atoms with Crippen LogP contribution in [0.2, 0.25) is 0 Å². The number of nitro groups is 1. The van der Waals surface area contributed by atoms with Crippen LogP contribution in [0.1, 0.15) is 12.8 Å². The number of hydrogen-bond donors (Lipinski definition) is 1. The second kappa shape index (κ2) is 4.89. The number of hydrogen-bond acceptors (Lipinski definition) is 5. The summed E-state index contributed by atoms with van der Waals surface area (Å²) in [6.07, 6.45) is 4.68. The van der Waals surface area contributed by atoms with Crippen molar-refractivity contribution < 1.29 is 9.66 Å². The molecule has 1 unspecified atom stereocenters. The van der Waals surface area contributed by atoms with Crippen LogP contribution in [-0.2, 0) is 0 Å². The van der Waals surface area contributed by atoms with Crippen LogP contribution >= 0.6 is 0 Å². The minimum atomic E-state index is -0.474. The molecule has 86 valence electrons. The highest BCUT2D eigenvalue weighted by Crippen LogP contribution is 2.26. The van der Waals surface area contributed by atoms with Crippen molar-refractivity contribution in [3.8, 4) is 5.75 Å². The minimum absolute atomic E-state index is 0.00912. The predicted molar refractivity (Wildman–Crippen MR) is 57.4 cm³/mol. The van der Waals surface area contributed by atoms with Gasteiger partial charge in [0.05, 0.1) is 4.92 Å². The van der Waals surface area contributed by atoms with Crippen molar-refractivity contribution in [2.45, 2.75) is 18.9 Å². The van der Waals surface area contributed by atoms with Gasteiger partial charge in [0.25, 0.3) is 0 Å². The second-order valence-electron chi connectivity index (χ2n) is 3.69. The molecule has 0 radical (unpaired) electrons. The standard InChI is InChI=1S/C10H13N3O3/c14-13(15)9-7-12-5-3-10(9)16-8-2-1-4-11-6-8/h3,5,7-8,11H,1-2,4,6H2. The van der Waals surface area contributed by atoms with E-state index >= 15 is 0 Å². The first-order chi connectivity index (χ1) is 7.77. The van der Waals surface area contributed by atoms with Gasteiger partial charge in [0.1, 0.15) is 12.3 Å². The van der Waals surface area contributed by atoms with Gasteiger partial charge in [-0.25, -0.2) is 0 Å². The topological polar surface area (TPSA) is 77.3 Å². The Hall–Kier alpha value is -1.69. The highest BCUT2D eigenvalue weighted by molar-refractivity contribution is 5.43. The average Bonchev–Trinajstić information content (AvgIpc) is 2.31. The van der Waals surface area contributed by atoms with Crippen molar-refractivity contribution in [1.29, 1.82) is 0 Å². The number of nitrogens with one attached hydrogen (secondary N) is 1. The smallest absolute Gasteiger partial charge is 0.329 e. The SMILES string of the molecule is O=[N+]([O-])c1cnccc1OC1CCCNC1. The van der Waals surface area contributed by atoms with Crippen LogP contribution < -0.4 is 10.1 Å². The van der Waals surface area contributed by atoms with Gasteiger partial charge in [-0.05, 0) is 19.4 Å². The molecule has 1 aromatic rings. The first-order valence-electron chi connectivity index (χ1n) is 5.23. The minimum Gasteiger partial charge on any atom is -0.482 e. The van der Waals surface area contributed by atoms with Crippen molar-refractivity contribution in [2.24, 2.45) is 0 Å². The molecule has 0 amide bonds. The molecule has 1 atom stereocenters. The number of pyridine rings is 1. The lowest BCUT2D eigenvalue weighted by Gasteiger charge is -2.23. The maximum atomic E-state index is 10.7. The van der Waals surface area contributed by atoms with Gasteiger partial charge in [0.15, 0.2) is 0 Å². The van der Waals surface area contributed by atoms with Crippen LogP contribution in [-0.4, -0.2) is 29.1 Å². The summed E-state index contributed by atoms with van der Waals surface area (Å²) in [5.41, 5.74) is -0.0759. The zero-order valence-corrected chi connectivity index (χ0v) is 8.76. The highest BCUT2D eigenvalue weighted by Gasteiger charge is 2.20. The summed E-state index contributed by atoms with van der Waals surface area (Å²) in [5.74, 6) is 0.300. The molecule has 2 rings (SSSR count). The molecule has 1 saturated heterocycles. The van der Waals surface area contributed by atoms with Crippen LogP contribution in [0, 0.1) is 10.1 Å². The van der Waals surface area contributed by atoms with E-state index in [0.717, 1.165) is 25.9 Å². The number of ether oxygens (including phenoxy) is 1. The van der Waals surface area contributed by atoms with Gasteiger partial charge in [0, 0.05) is 18.8 Å². The summed E-state index contributed by atoms with van der Waals surface area (Å²) in [7, 11) is 0. The molecule has 16 heavy (non-hydrogen) atoms. The zero-order valence-electron chi connectivity index (χ0n) is 8.76. The first kappa shape index (κ1) is 10.8. The summed E-state index contributed by atoms with van der Waals surface area (Å²) >= 11 is 0. The fraction of sp³-hybridized carbons (Fsp3) is 0.500. The Morgan fingerprint density at radius 3 is 3.19 bits per heavy atom. The van der Waals surface area contributed by atoms with Crippen LogP contribution in [0.3, 0.4) is 0 Å². The number of aromatic nitrogens is 1. The lowest BCUT2D eigenvalue weighted by Crippen LogP contribution is -2.37. The molecule has 0 spiro atoms. The van der Waals surface area contributed by atoms with E-state index in [1.807, 2.05) is 0 Å². The van der Waals surface area contributed by atoms with Crippen molar-refractivity contribution in [3.05, 3.63) is 28.6 Å². The Kier molecular flexibility index (Phi) is 3.31. The van der Waals surface area contributed by atoms with E-state index in [-0.39, 0.29) is 11.8 Å². The Balaban J connectivity index is 2.10. The van der Waals surface area contributed by atoms with Gasteiger partial charge in [-0.2, -0.15) is 0 Å². The van der Waals surface area contributed by atoms with Crippen LogP contribution in [0.5, 0.6) is 5.75 Å². The molecule has 2 heterocycles. The maximum absolute atomic E-state index is 10.7. The molecular weight excluding hydrogens is 210 g/mol. The largest absolute Gasteiger partial charge is 0.482 e. The number of nitrogens with zero attached hydrogens (tertiary/aromatic N) is 2. The maximum Gasteiger partial charge on any atom is 0.329 e. The van der Waals surface area contributed by atoms with E-state index in [1.54, 1.807) is 0 Å². The van der Waals surface area contributed by atoms with Gasteiger partial charge in [-0.3, -0.25) is 15.1 Å². The first-order valence-corrected chi connectivity index (χ1v) is 5.23. The molecular formula is C10H13N3O3. The lowest BCUT2D eigenvalue weighted by molar-refractivity contribution is -0.386. The van der Waals surface area contributed by atoms with Crippen molar-refractivity contribution >= 4 is 5.69 Å². The van der Waals surface area contributed by atoms with E-state index < -0.39 is 4.92 Å². The predicted octanol–water partition coefficient (Wildman–Crippen LogP) is 1.12. The fourth-order valence-corrected chi connectivity index (χ4v) is 1.71.